The number of carbonyl (C=O) groups is 1. The van der Waals surface area contributed by atoms with Crippen LogP contribution in [-0.2, 0) is 9.53 Å². The van der Waals surface area contributed by atoms with Crippen LogP contribution in [0.1, 0.15) is 12.8 Å². The second-order valence-corrected chi connectivity index (χ2v) is 4.23. The van der Waals surface area contributed by atoms with E-state index in [1.165, 1.54) is 6.42 Å². The van der Waals surface area contributed by atoms with Gasteiger partial charge in [-0.25, -0.2) is 0 Å². The number of nitrogens with zero attached hydrogens (tertiary/aromatic N) is 1. The molecular formula is C10H18N2O2. The lowest BCUT2D eigenvalue weighted by atomic mass is 10.1. The number of hydrogen-bond donors (Lipinski definition) is 1. The molecule has 1 amide bonds. The number of nitrogens with one attached hydrogen (secondary N) is 1. The molecule has 2 atom stereocenters. The van der Waals surface area contributed by atoms with Crippen molar-refractivity contribution in [1.82, 2.24) is 10.2 Å². The molecule has 4 nitrogen and oxygen atoms in total. The van der Waals surface area contributed by atoms with E-state index in [0.29, 0.717) is 5.92 Å². The van der Waals surface area contributed by atoms with Gasteiger partial charge in [0.25, 0.3) is 5.91 Å². The molecule has 0 aromatic carbocycles. The van der Waals surface area contributed by atoms with Gasteiger partial charge in [0.15, 0.2) is 0 Å². The molecule has 1 N–H and O–H groups in total. The monoisotopic (exact) mass is 198 g/mol. The maximum absolute atomic E-state index is 11.5. The maximum atomic E-state index is 11.5. The van der Waals surface area contributed by atoms with Crippen LogP contribution in [0.3, 0.4) is 0 Å². The molecular weight excluding hydrogens is 180 g/mol. The second kappa shape index (κ2) is 4.28. The minimum Gasteiger partial charge on any atom is -0.368 e. The first-order valence-corrected chi connectivity index (χ1v) is 5.34. The fraction of sp³-hybridized carbons (Fsp3) is 0.900. The predicted octanol–water partition coefficient (Wildman–Crippen LogP) is -0.157. The molecule has 0 radical (unpaired) electrons. The van der Waals surface area contributed by atoms with Gasteiger partial charge >= 0.3 is 0 Å². The van der Waals surface area contributed by atoms with Gasteiger partial charge < -0.3 is 15.0 Å². The van der Waals surface area contributed by atoms with Gasteiger partial charge in [0, 0.05) is 26.6 Å². The smallest absolute Gasteiger partial charge is 0.251 e. The lowest BCUT2D eigenvalue weighted by Crippen LogP contribution is -2.29. The first kappa shape index (κ1) is 9.93. The van der Waals surface area contributed by atoms with Crippen LogP contribution in [0.15, 0.2) is 0 Å². The number of ether oxygens (including phenoxy) is 1. The molecule has 2 aliphatic rings. The van der Waals surface area contributed by atoms with Crippen LogP contribution in [-0.4, -0.2) is 50.2 Å². The van der Waals surface area contributed by atoms with Crippen molar-refractivity contribution in [3.05, 3.63) is 0 Å². The number of likely N-dealkylation sites (tertiary alicyclic amines) is 1. The summed E-state index contributed by atoms with van der Waals surface area (Å²) >= 11 is 0. The Balaban J connectivity index is 1.72. The minimum absolute atomic E-state index is 0.149. The van der Waals surface area contributed by atoms with Crippen molar-refractivity contribution in [2.75, 3.05) is 33.3 Å². The Morgan fingerprint density at radius 1 is 1.57 bits per heavy atom. The average Bonchev–Trinajstić information content (AvgIpc) is 2.77. The van der Waals surface area contributed by atoms with Crippen molar-refractivity contribution >= 4 is 5.91 Å². The third-order valence-electron chi connectivity index (χ3n) is 3.07. The van der Waals surface area contributed by atoms with Crippen LogP contribution >= 0.6 is 0 Å². The van der Waals surface area contributed by atoms with E-state index < -0.39 is 0 Å². The summed E-state index contributed by atoms with van der Waals surface area (Å²) in [4.78, 5) is 13.2. The fourth-order valence-corrected chi connectivity index (χ4v) is 2.05. The summed E-state index contributed by atoms with van der Waals surface area (Å²) in [5, 5.41) is 3.29. The van der Waals surface area contributed by atoms with Crippen LogP contribution in [0, 0.1) is 5.92 Å². The third kappa shape index (κ3) is 2.07. The molecule has 2 saturated heterocycles. The molecule has 2 unspecified atom stereocenters. The zero-order chi connectivity index (χ0) is 9.97. The van der Waals surface area contributed by atoms with Crippen LogP contribution < -0.4 is 5.32 Å². The third-order valence-corrected chi connectivity index (χ3v) is 3.07. The van der Waals surface area contributed by atoms with Gasteiger partial charge in [-0.15, -0.1) is 0 Å². The highest BCUT2D eigenvalue weighted by Crippen LogP contribution is 2.15. The summed E-state index contributed by atoms with van der Waals surface area (Å²) in [6, 6.07) is 0. The Bertz CT molecular complexity index is 214. The molecule has 0 aliphatic carbocycles. The topological polar surface area (TPSA) is 41.6 Å². The van der Waals surface area contributed by atoms with Gasteiger partial charge in [-0.1, -0.05) is 0 Å². The van der Waals surface area contributed by atoms with E-state index in [1.54, 1.807) is 4.90 Å². The van der Waals surface area contributed by atoms with Crippen LogP contribution in [0.5, 0.6) is 0 Å². The lowest BCUT2D eigenvalue weighted by Gasteiger charge is -2.14. The summed E-state index contributed by atoms with van der Waals surface area (Å²) in [5.41, 5.74) is 0. The van der Waals surface area contributed by atoms with E-state index >= 15 is 0 Å². The van der Waals surface area contributed by atoms with Crippen molar-refractivity contribution in [3.8, 4) is 0 Å². The molecule has 0 bridgehead atoms. The normalized spacial score (nSPS) is 32.9. The molecule has 14 heavy (non-hydrogen) atoms. The van der Waals surface area contributed by atoms with Gasteiger partial charge in [0.05, 0.1) is 6.61 Å². The van der Waals surface area contributed by atoms with E-state index in [1.807, 2.05) is 7.05 Å². The number of likely N-dealkylation sites (N-methyl/N-ethyl adjacent to an activating group) is 1. The van der Waals surface area contributed by atoms with E-state index in [2.05, 4.69) is 5.32 Å². The van der Waals surface area contributed by atoms with Crippen LogP contribution in [0.25, 0.3) is 0 Å². The highest BCUT2D eigenvalue weighted by Gasteiger charge is 2.30. The van der Waals surface area contributed by atoms with Crippen molar-refractivity contribution in [1.29, 1.82) is 0 Å². The summed E-state index contributed by atoms with van der Waals surface area (Å²) in [7, 11) is 1.84. The van der Waals surface area contributed by atoms with Crippen LogP contribution in [0.4, 0.5) is 0 Å². The Hall–Kier alpha value is -0.610. The number of rotatable bonds is 3. The van der Waals surface area contributed by atoms with E-state index in [9.17, 15) is 4.79 Å². The largest absolute Gasteiger partial charge is 0.368 e. The zero-order valence-corrected chi connectivity index (χ0v) is 8.66. The molecule has 2 rings (SSSR count). The SMILES string of the molecule is CN1CCC(OCC2CCNC2)C1=O. The Kier molecular flexibility index (Phi) is 3.03. The van der Waals surface area contributed by atoms with Gasteiger partial charge in [0.2, 0.25) is 0 Å². The van der Waals surface area contributed by atoms with Crippen molar-refractivity contribution in [2.45, 2.75) is 18.9 Å². The maximum Gasteiger partial charge on any atom is 0.251 e. The summed E-state index contributed by atoms with van der Waals surface area (Å²) in [6.45, 7) is 3.70. The van der Waals surface area contributed by atoms with Gasteiger partial charge in [0.1, 0.15) is 6.10 Å². The van der Waals surface area contributed by atoms with Crippen LogP contribution in [0.2, 0.25) is 0 Å². The average molecular weight is 198 g/mol. The molecule has 2 aliphatic heterocycles. The van der Waals surface area contributed by atoms with Crippen molar-refractivity contribution < 1.29 is 9.53 Å². The standard InChI is InChI=1S/C10H18N2O2/c1-12-5-3-9(10(12)13)14-7-8-2-4-11-6-8/h8-9,11H,2-7H2,1H3. The predicted molar refractivity (Wildman–Crippen MR) is 53.0 cm³/mol. The lowest BCUT2D eigenvalue weighted by molar-refractivity contribution is -0.136. The molecule has 2 heterocycles. The minimum atomic E-state index is -0.166. The summed E-state index contributed by atoms with van der Waals surface area (Å²) < 4.78 is 5.64. The van der Waals surface area contributed by atoms with Crippen molar-refractivity contribution in [3.63, 3.8) is 0 Å². The Morgan fingerprint density at radius 2 is 2.43 bits per heavy atom. The number of hydrogen-bond acceptors (Lipinski definition) is 3. The van der Waals surface area contributed by atoms with E-state index in [0.717, 1.165) is 32.7 Å². The molecule has 0 saturated carbocycles. The zero-order valence-electron chi connectivity index (χ0n) is 8.66. The number of carbonyl (C=O) groups excluding carboxylic acids is 1. The first-order chi connectivity index (χ1) is 6.77. The molecule has 0 spiro atoms. The molecule has 2 fully saturated rings. The quantitative estimate of drug-likeness (QED) is 0.685. The fourth-order valence-electron chi connectivity index (χ4n) is 2.05. The van der Waals surface area contributed by atoms with Crippen molar-refractivity contribution in [2.24, 2.45) is 5.92 Å². The molecule has 80 valence electrons. The molecule has 0 aromatic heterocycles. The first-order valence-electron chi connectivity index (χ1n) is 5.34. The highest BCUT2D eigenvalue weighted by atomic mass is 16.5. The van der Waals surface area contributed by atoms with Gasteiger partial charge in [-0.05, 0) is 18.9 Å². The summed E-state index contributed by atoms with van der Waals surface area (Å²) in [5.74, 6) is 0.754. The van der Waals surface area contributed by atoms with Gasteiger partial charge in [-0.3, -0.25) is 4.79 Å². The molecule has 4 heteroatoms. The molecule has 0 aromatic rings. The van der Waals surface area contributed by atoms with E-state index in [-0.39, 0.29) is 12.0 Å². The Labute approximate surface area is 84.6 Å². The second-order valence-electron chi connectivity index (χ2n) is 4.23. The Morgan fingerprint density at radius 3 is 3.00 bits per heavy atom. The van der Waals surface area contributed by atoms with E-state index in [4.69, 9.17) is 4.74 Å². The highest BCUT2D eigenvalue weighted by molar-refractivity contribution is 5.82. The number of amides is 1. The summed E-state index contributed by atoms with van der Waals surface area (Å²) in [6.07, 6.45) is 1.87. The van der Waals surface area contributed by atoms with Gasteiger partial charge in [-0.2, -0.15) is 0 Å².